The molecule has 0 spiro atoms. The lowest BCUT2D eigenvalue weighted by Crippen LogP contribution is -2.15. The van der Waals surface area contributed by atoms with Crippen LogP contribution in [-0.4, -0.2) is 18.1 Å². The zero-order valence-electron chi connectivity index (χ0n) is 10.7. The largest absolute Gasteiger partial charge is 0.486 e. The standard InChI is InChI=1S/C14H10INO5/c15-9-2-1-3-10(6-9)21-12-8-14-13(19-4-5-20-14)7-11(12)16(17)18/h1-3,6-8H,4-5H2. The van der Waals surface area contributed by atoms with E-state index in [-0.39, 0.29) is 11.4 Å². The highest BCUT2D eigenvalue weighted by molar-refractivity contribution is 14.1. The molecule has 0 N–H and O–H groups in total. The summed E-state index contributed by atoms with van der Waals surface area (Å²) in [7, 11) is 0. The van der Waals surface area contributed by atoms with Crippen LogP contribution < -0.4 is 14.2 Å². The zero-order valence-corrected chi connectivity index (χ0v) is 12.9. The maximum Gasteiger partial charge on any atom is 0.315 e. The Morgan fingerprint density at radius 1 is 1.14 bits per heavy atom. The number of nitrogens with zero attached hydrogens (tertiary/aromatic N) is 1. The van der Waals surface area contributed by atoms with Crippen LogP contribution in [0.5, 0.6) is 23.0 Å². The van der Waals surface area contributed by atoms with Gasteiger partial charge in [-0.2, -0.15) is 0 Å². The van der Waals surface area contributed by atoms with Crippen molar-refractivity contribution in [2.24, 2.45) is 0 Å². The molecule has 1 aliphatic heterocycles. The van der Waals surface area contributed by atoms with E-state index in [2.05, 4.69) is 22.6 Å². The molecule has 1 aliphatic rings. The number of hydrogen-bond donors (Lipinski definition) is 0. The molecular formula is C14H10INO5. The van der Waals surface area contributed by atoms with E-state index in [4.69, 9.17) is 14.2 Å². The van der Waals surface area contributed by atoms with Crippen LogP contribution >= 0.6 is 22.6 Å². The lowest BCUT2D eigenvalue weighted by Gasteiger charge is -2.19. The molecule has 2 aromatic rings. The van der Waals surface area contributed by atoms with Crippen molar-refractivity contribution < 1.29 is 19.1 Å². The third-order valence-corrected chi connectivity index (χ3v) is 3.52. The van der Waals surface area contributed by atoms with Crippen LogP contribution in [0.25, 0.3) is 0 Å². The molecule has 3 rings (SSSR count). The van der Waals surface area contributed by atoms with Gasteiger partial charge in [-0.1, -0.05) is 6.07 Å². The smallest absolute Gasteiger partial charge is 0.315 e. The number of hydrogen-bond acceptors (Lipinski definition) is 5. The number of nitro groups is 1. The SMILES string of the molecule is O=[N+]([O-])c1cc2c(cc1Oc1cccc(I)c1)OCCO2. The van der Waals surface area contributed by atoms with E-state index in [0.717, 1.165) is 3.57 Å². The summed E-state index contributed by atoms with van der Waals surface area (Å²) < 4.78 is 17.4. The third-order valence-electron chi connectivity index (χ3n) is 2.84. The van der Waals surface area contributed by atoms with Crippen LogP contribution in [0.15, 0.2) is 36.4 Å². The van der Waals surface area contributed by atoms with Gasteiger partial charge in [0.1, 0.15) is 19.0 Å². The first-order chi connectivity index (χ1) is 10.1. The Kier molecular flexibility index (Phi) is 3.82. The van der Waals surface area contributed by atoms with Gasteiger partial charge in [0.05, 0.1) is 11.0 Å². The van der Waals surface area contributed by atoms with Gasteiger partial charge in [0.15, 0.2) is 11.5 Å². The van der Waals surface area contributed by atoms with Gasteiger partial charge in [-0.15, -0.1) is 0 Å². The molecule has 0 atom stereocenters. The van der Waals surface area contributed by atoms with E-state index in [9.17, 15) is 10.1 Å². The van der Waals surface area contributed by atoms with E-state index >= 15 is 0 Å². The summed E-state index contributed by atoms with van der Waals surface area (Å²) in [5.74, 6) is 1.48. The second-order valence-corrected chi connectivity index (χ2v) is 5.53. The average Bonchev–Trinajstić information content (AvgIpc) is 2.46. The Morgan fingerprint density at radius 3 is 2.52 bits per heavy atom. The van der Waals surface area contributed by atoms with E-state index in [1.54, 1.807) is 12.1 Å². The Labute approximate surface area is 133 Å². The van der Waals surface area contributed by atoms with Crippen molar-refractivity contribution in [3.8, 4) is 23.0 Å². The van der Waals surface area contributed by atoms with Crippen molar-refractivity contribution in [1.82, 2.24) is 0 Å². The van der Waals surface area contributed by atoms with E-state index in [1.807, 2.05) is 12.1 Å². The molecule has 0 unspecified atom stereocenters. The molecule has 1 heterocycles. The molecule has 0 aromatic heterocycles. The summed E-state index contributed by atoms with van der Waals surface area (Å²) in [5, 5.41) is 11.2. The van der Waals surface area contributed by atoms with Crippen molar-refractivity contribution in [2.75, 3.05) is 13.2 Å². The quantitative estimate of drug-likeness (QED) is 0.447. The molecule has 7 heteroatoms. The summed E-state index contributed by atoms with van der Waals surface area (Å²) in [6.07, 6.45) is 0. The first-order valence-corrected chi connectivity index (χ1v) is 7.23. The van der Waals surface area contributed by atoms with Gasteiger partial charge in [0.2, 0.25) is 5.75 Å². The molecule has 108 valence electrons. The molecule has 2 aromatic carbocycles. The Morgan fingerprint density at radius 2 is 1.86 bits per heavy atom. The van der Waals surface area contributed by atoms with Crippen LogP contribution in [-0.2, 0) is 0 Å². The van der Waals surface area contributed by atoms with Crippen molar-refractivity contribution in [3.63, 3.8) is 0 Å². The molecular weight excluding hydrogens is 389 g/mol. The van der Waals surface area contributed by atoms with E-state index < -0.39 is 4.92 Å². The maximum absolute atomic E-state index is 11.2. The molecule has 0 aliphatic carbocycles. The Bertz CT molecular complexity index is 704. The predicted octanol–water partition coefficient (Wildman–Crippen LogP) is 3.76. The second-order valence-electron chi connectivity index (χ2n) is 4.28. The molecule has 0 saturated heterocycles. The minimum atomic E-state index is -0.499. The Balaban J connectivity index is 2.01. The lowest BCUT2D eigenvalue weighted by molar-refractivity contribution is -0.385. The first kappa shape index (κ1) is 13.9. The molecule has 0 saturated carbocycles. The summed E-state index contributed by atoms with van der Waals surface area (Å²) in [4.78, 5) is 10.7. The fourth-order valence-corrected chi connectivity index (χ4v) is 2.46. The van der Waals surface area contributed by atoms with Crippen LogP contribution in [0, 0.1) is 13.7 Å². The monoisotopic (exact) mass is 399 g/mol. The fourth-order valence-electron chi connectivity index (χ4n) is 1.94. The van der Waals surface area contributed by atoms with Gasteiger partial charge in [-0.3, -0.25) is 10.1 Å². The minimum Gasteiger partial charge on any atom is -0.486 e. The minimum absolute atomic E-state index is 0.131. The highest BCUT2D eigenvalue weighted by Crippen LogP contribution is 2.42. The van der Waals surface area contributed by atoms with Gasteiger partial charge in [-0.25, -0.2) is 0 Å². The number of nitro benzene ring substituents is 1. The number of benzene rings is 2. The lowest BCUT2D eigenvalue weighted by atomic mass is 10.2. The summed E-state index contributed by atoms with van der Waals surface area (Å²) in [5.41, 5.74) is -0.155. The molecule has 0 radical (unpaired) electrons. The second kappa shape index (κ2) is 5.76. The van der Waals surface area contributed by atoms with E-state index in [1.165, 1.54) is 12.1 Å². The highest BCUT2D eigenvalue weighted by Gasteiger charge is 2.23. The highest BCUT2D eigenvalue weighted by atomic mass is 127. The van der Waals surface area contributed by atoms with Gasteiger partial charge in [-0.05, 0) is 40.8 Å². The van der Waals surface area contributed by atoms with Crippen molar-refractivity contribution >= 4 is 28.3 Å². The topological polar surface area (TPSA) is 70.8 Å². The number of ether oxygens (including phenoxy) is 3. The van der Waals surface area contributed by atoms with Crippen LogP contribution in [0.1, 0.15) is 0 Å². The number of fused-ring (bicyclic) bond motifs is 1. The molecule has 6 nitrogen and oxygen atoms in total. The summed E-state index contributed by atoms with van der Waals surface area (Å²) >= 11 is 2.15. The van der Waals surface area contributed by atoms with Crippen LogP contribution in [0.2, 0.25) is 0 Å². The van der Waals surface area contributed by atoms with Crippen molar-refractivity contribution in [2.45, 2.75) is 0 Å². The first-order valence-electron chi connectivity index (χ1n) is 6.15. The zero-order chi connectivity index (χ0) is 14.8. The van der Waals surface area contributed by atoms with Gasteiger partial charge in [0, 0.05) is 9.64 Å². The van der Waals surface area contributed by atoms with Gasteiger partial charge in [0.25, 0.3) is 0 Å². The van der Waals surface area contributed by atoms with Crippen LogP contribution in [0.3, 0.4) is 0 Å². The molecule has 0 fully saturated rings. The van der Waals surface area contributed by atoms with Gasteiger partial charge >= 0.3 is 5.69 Å². The summed E-state index contributed by atoms with van der Waals surface area (Å²) in [6.45, 7) is 0.786. The fraction of sp³-hybridized carbons (Fsp3) is 0.143. The normalized spacial score (nSPS) is 12.8. The van der Waals surface area contributed by atoms with Crippen LogP contribution in [0.4, 0.5) is 5.69 Å². The van der Waals surface area contributed by atoms with Crippen molar-refractivity contribution in [3.05, 3.63) is 50.1 Å². The number of halogens is 1. The van der Waals surface area contributed by atoms with E-state index in [0.29, 0.717) is 30.5 Å². The number of rotatable bonds is 3. The molecule has 0 amide bonds. The maximum atomic E-state index is 11.2. The Hall–Kier alpha value is -2.03. The molecule has 0 bridgehead atoms. The molecule has 21 heavy (non-hydrogen) atoms. The average molecular weight is 399 g/mol. The van der Waals surface area contributed by atoms with Gasteiger partial charge < -0.3 is 14.2 Å². The summed E-state index contributed by atoms with van der Waals surface area (Å²) in [6, 6.07) is 10.1. The third kappa shape index (κ3) is 3.02. The predicted molar refractivity (Wildman–Crippen MR) is 83.3 cm³/mol. The van der Waals surface area contributed by atoms with Crippen molar-refractivity contribution in [1.29, 1.82) is 0 Å².